The number of nitrogens with zero attached hydrogens (tertiary/aromatic N) is 3. The number of benzene rings is 1. The Morgan fingerprint density at radius 3 is 2.17 bits per heavy atom. The van der Waals surface area contributed by atoms with Crippen LogP contribution in [0.15, 0.2) is 29.5 Å². The number of esters is 1. The summed E-state index contributed by atoms with van der Waals surface area (Å²) in [4.78, 5) is 44.2. The Morgan fingerprint density at radius 1 is 1.00 bits per heavy atom. The molecule has 1 unspecified atom stereocenters. The van der Waals surface area contributed by atoms with Gasteiger partial charge in [-0.15, -0.1) is 0 Å². The molecule has 11 heteroatoms. The minimum atomic E-state index is -0.747. The maximum absolute atomic E-state index is 13.3. The van der Waals surface area contributed by atoms with E-state index in [0.717, 1.165) is 0 Å². The second kappa shape index (κ2) is 12.6. The second-order valence-corrected chi connectivity index (χ2v) is 8.44. The van der Waals surface area contributed by atoms with Gasteiger partial charge < -0.3 is 29.2 Å². The van der Waals surface area contributed by atoms with Gasteiger partial charge in [0.2, 0.25) is 5.91 Å². The number of hydrogen-bond donors (Lipinski definition) is 1. The molecular weight excluding hydrogens is 468 g/mol. The molecule has 11 nitrogen and oxygen atoms in total. The summed E-state index contributed by atoms with van der Waals surface area (Å²) in [5, 5.41) is 2.96. The highest BCUT2D eigenvalue weighted by atomic mass is 16.5. The number of rotatable bonds is 10. The average molecular weight is 505 g/mol. The lowest BCUT2D eigenvalue weighted by Gasteiger charge is -2.40. The van der Waals surface area contributed by atoms with Crippen LogP contribution in [0.4, 0.5) is 4.79 Å². The highest BCUT2D eigenvalue weighted by Crippen LogP contribution is 2.35. The Labute approximate surface area is 211 Å². The molecule has 0 aliphatic carbocycles. The van der Waals surface area contributed by atoms with Crippen LogP contribution in [0.1, 0.15) is 25.5 Å². The van der Waals surface area contributed by atoms with Gasteiger partial charge in [-0.1, -0.05) is 0 Å². The van der Waals surface area contributed by atoms with Crippen LogP contribution in [0.25, 0.3) is 0 Å². The maximum Gasteiger partial charge on any atom is 0.338 e. The number of ether oxygens (including phenoxy) is 4. The second-order valence-electron chi connectivity index (χ2n) is 8.44. The monoisotopic (exact) mass is 504 g/mol. The molecule has 2 heterocycles. The highest BCUT2D eigenvalue weighted by molar-refractivity contribution is 5.95. The van der Waals surface area contributed by atoms with Crippen molar-refractivity contribution in [2.24, 2.45) is 0 Å². The zero-order valence-electron chi connectivity index (χ0n) is 21.7. The van der Waals surface area contributed by atoms with Gasteiger partial charge in [0, 0.05) is 58.1 Å². The minimum absolute atomic E-state index is 0.0492. The van der Waals surface area contributed by atoms with Crippen molar-refractivity contribution in [2.75, 3.05) is 73.8 Å². The topological polar surface area (TPSA) is 110 Å². The summed E-state index contributed by atoms with van der Waals surface area (Å²) in [5.41, 5.74) is 1.60. The lowest BCUT2D eigenvalue weighted by molar-refractivity contribution is -0.139. The summed E-state index contributed by atoms with van der Waals surface area (Å²) in [6, 6.07) is 4.22. The number of urea groups is 1. The fourth-order valence-electron chi connectivity index (χ4n) is 4.49. The summed E-state index contributed by atoms with van der Waals surface area (Å²) in [6.07, 6.45) is 0. The zero-order chi connectivity index (χ0) is 26.2. The van der Waals surface area contributed by atoms with E-state index in [-0.39, 0.29) is 25.2 Å². The Kier molecular flexibility index (Phi) is 9.54. The Morgan fingerprint density at radius 2 is 1.64 bits per heavy atom. The first-order valence-electron chi connectivity index (χ1n) is 12.1. The standard InChI is InChI=1S/C25H36N4O7/c1-6-29-20(15-27-8-10-28(11-9-27)21(30)16-33-3)22(24(31)36-7-2)23(26-25(29)32)17-12-18(34-4)14-19(13-17)35-5/h12-14,23H,6-11,15-16H2,1-5H3,(H,26,32). The number of carbonyl (C=O) groups is 3. The van der Waals surface area contributed by atoms with Gasteiger partial charge in [0.1, 0.15) is 18.1 Å². The molecule has 0 saturated carbocycles. The van der Waals surface area contributed by atoms with Crippen LogP contribution < -0.4 is 14.8 Å². The molecule has 2 aliphatic heterocycles. The fraction of sp³-hybridized carbons (Fsp3) is 0.560. The average Bonchev–Trinajstić information content (AvgIpc) is 2.88. The van der Waals surface area contributed by atoms with Crippen molar-refractivity contribution in [3.8, 4) is 11.5 Å². The molecule has 1 aromatic rings. The summed E-state index contributed by atoms with van der Waals surface area (Å²) in [6.45, 7) is 6.88. The van der Waals surface area contributed by atoms with E-state index in [0.29, 0.717) is 67.6 Å². The molecule has 3 amide bonds. The smallest absolute Gasteiger partial charge is 0.338 e. The van der Waals surface area contributed by atoms with E-state index in [1.54, 1.807) is 49.1 Å². The van der Waals surface area contributed by atoms with Gasteiger partial charge in [0.05, 0.1) is 32.4 Å². The SMILES string of the molecule is CCOC(=O)C1=C(CN2CCN(C(=O)COC)CC2)N(CC)C(=O)NC1c1cc(OC)cc(OC)c1. The number of amides is 3. The number of nitrogens with one attached hydrogen (secondary N) is 1. The third-order valence-corrected chi connectivity index (χ3v) is 6.32. The zero-order valence-corrected chi connectivity index (χ0v) is 21.7. The summed E-state index contributed by atoms with van der Waals surface area (Å²) < 4.78 is 21.2. The summed E-state index contributed by atoms with van der Waals surface area (Å²) in [5.74, 6) is 0.533. The Hall–Kier alpha value is -3.31. The van der Waals surface area contributed by atoms with Gasteiger partial charge in [-0.2, -0.15) is 0 Å². The molecule has 3 rings (SSSR count). The largest absolute Gasteiger partial charge is 0.497 e. The number of hydrogen-bond acceptors (Lipinski definition) is 8. The van der Waals surface area contributed by atoms with E-state index < -0.39 is 12.0 Å². The fourth-order valence-corrected chi connectivity index (χ4v) is 4.49. The normalized spacial score (nSPS) is 18.7. The van der Waals surface area contributed by atoms with Gasteiger partial charge in [0.15, 0.2) is 0 Å². The van der Waals surface area contributed by atoms with Crippen molar-refractivity contribution in [3.63, 3.8) is 0 Å². The predicted octanol–water partition coefficient (Wildman–Crippen LogP) is 1.40. The molecule has 198 valence electrons. The quantitative estimate of drug-likeness (QED) is 0.476. The van der Waals surface area contributed by atoms with Crippen LogP contribution in [0.3, 0.4) is 0 Å². The lowest BCUT2D eigenvalue weighted by atomic mass is 9.93. The third-order valence-electron chi connectivity index (χ3n) is 6.32. The number of likely N-dealkylation sites (N-methyl/N-ethyl adjacent to an activating group) is 1. The van der Waals surface area contributed by atoms with E-state index >= 15 is 0 Å². The first kappa shape index (κ1) is 27.3. The van der Waals surface area contributed by atoms with Crippen molar-refractivity contribution in [1.29, 1.82) is 0 Å². The van der Waals surface area contributed by atoms with Gasteiger partial charge in [-0.25, -0.2) is 9.59 Å². The predicted molar refractivity (Wildman–Crippen MR) is 132 cm³/mol. The van der Waals surface area contributed by atoms with E-state index in [1.807, 2.05) is 6.92 Å². The third kappa shape index (κ3) is 6.08. The van der Waals surface area contributed by atoms with E-state index in [9.17, 15) is 14.4 Å². The van der Waals surface area contributed by atoms with E-state index in [4.69, 9.17) is 18.9 Å². The van der Waals surface area contributed by atoms with Crippen molar-refractivity contribution < 1.29 is 33.3 Å². The Balaban J connectivity index is 2.00. The minimum Gasteiger partial charge on any atom is -0.497 e. The number of methoxy groups -OCH3 is 3. The van der Waals surface area contributed by atoms with Crippen molar-refractivity contribution in [1.82, 2.24) is 20.0 Å². The van der Waals surface area contributed by atoms with Crippen LogP contribution in [0.5, 0.6) is 11.5 Å². The molecular formula is C25H36N4O7. The molecule has 2 aliphatic rings. The molecule has 1 aromatic carbocycles. The van der Waals surface area contributed by atoms with Gasteiger partial charge in [0.25, 0.3) is 0 Å². The lowest BCUT2D eigenvalue weighted by Crippen LogP contribution is -2.54. The van der Waals surface area contributed by atoms with E-state index in [2.05, 4.69) is 10.2 Å². The highest BCUT2D eigenvalue weighted by Gasteiger charge is 2.39. The molecule has 0 bridgehead atoms. The van der Waals surface area contributed by atoms with Crippen LogP contribution in [0.2, 0.25) is 0 Å². The van der Waals surface area contributed by atoms with Gasteiger partial charge >= 0.3 is 12.0 Å². The molecule has 0 aromatic heterocycles. The van der Waals surface area contributed by atoms with E-state index in [1.165, 1.54) is 7.11 Å². The molecule has 1 saturated heterocycles. The number of carbonyl (C=O) groups excluding carboxylic acids is 3. The molecule has 36 heavy (non-hydrogen) atoms. The van der Waals surface area contributed by atoms with Crippen molar-refractivity contribution in [2.45, 2.75) is 19.9 Å². The Bertz CT molecular complexity index is 966. The first-order valence-corrected chi connectivity index (χ1v) is 12.1. The van der Waals surface area contributed by atoms with Crippen molar-refractivity contribution >= 4 is 17.9 Å². The number of piperazine rings is 1. The van der Waals surface area contributed by atoms with Crippen LogP contribution >= 0.6 is 0 Å². The summed E-state index contributed by atoms with van der Waals surface area (Å²) in [7, 11) is 4.59. The van der Waals surface area contributed by atoms with Crippen molar-refractivity contribution in [3.05, 3.63) is 35.0 Å². The first-order chi connectivity index (χ1) is 17.4. The molecule has 0 radical (unpaired) electrons. The summed E-state index contributed by atoms with van der Waals surface area (Å²) >= 11 is 0. The van der Waals surface area contributed by atoms with Crippen LogP contribution in [-0.4, -0.2) is 106 Å². The molecule has 1 atom stereocenters. The maximum atomic E-state index is 13.3. The molecule has 0 spiro atoms. The molecule has 1 N–H and O–H groups in total. The molecule has 1 fully saturated rings. The van der Waals surface area contributed by atoms with Crippen LogP contribution in [0, 0.1) is 0 Å². The van der Waals surface area contributed by atoms with Gasteiger partial charge in [-0.05, 0) is 31.5 Å². The van der Waals surface area contributed by atoms with Gasteiger partial charge in [-0.3, -0.25) is 14.6 Å². The van der Waals surface area contributed by atoms with Crippen LogP contribution in [-0.2, 0) is 19.1 Å².